The van der Waals surface area contributed by atoms with Crippen molar-refractivity contribution in [3.05, 3.63) is 33.3 Å². The molecule has 1 rings (SSSR count). The van der Waals surface area contributed by atoms with E-state index < -0.39 is 12.1 Å². The summed E-state index contributed by atoms with van der Waals surface area (Å²) in [5, 5.41) is 18.6. The topological polar surface area (TPSA) is 57.5 Å². The van der Waals surface area contributed by atoms with Crippen LogP contribution >= 0.6 is 23.2 Å². The van der Waals surface area contributed by atoms with E-state index in [0.29, 0.717) is 15.6 Å². The molecule has 0 radical (unpaired) electrons. The third kappa shape index (κ3) is 2.18. The van der Waals surface area contributed by atoms with Gasteiger partial charge in [0.05, 0.1) is 0 Å². The number of benzene rings is 1. The molecule has 76 valence electrons. The zero-order valence-corrected chi connectivity index (χ0v) is 8.80. The van der Waals surface area contributed by atoms with Gasteiger partial charge >= 0.3 is 5.97 Å². The molecule has 0 saturated heterocycles. The normalized spacial score (nSPS) is 12.6. The Labute approximate surface area is 90.9 Å². The van der Waals surface area contributed by atoms with Crippen molar-refractivity contribution in [2.24, 2.45) is 0 Å². The number of hydrogen-bond donors (Lipinski definition) is 2. The SMILES string of the molecule is Cc1c(Cl)cc(Cl)cc1C(O)C(=O)O. The van der Waals surface area contributed by atoms with Gasteiger partial charge in [0.2, 0.25) is 0 Å². The van der Waals surface area contributed by atoms with Crippen LogP contribution in [0.25, 0.3) is 0 Å². The van der Waals surface area contributed by atoms with Crippen molar-refractivity contribution in [1.29, 1.82) is 0 Å². The first-order chi connectivity index (χ1) is 6.43. The summed E-state index contributed by atoms with van der Waals surface area (Å²) in [5.41, 5.74) is 0.737. The number of carboxylic acids is 1. The molecule has 1 aromatic carbocycles. The Bertz CT molecular complexity index is 377. The van der Waals surface area contributed by atoms with Gasteiger partial charge in [-0.3, -0.25) is 0 Å². The average molecular weight is 235 g/mol. The second-order valence-corrected chi connectivity index (χ2v) is 3.69. The summed E-state index contributed by atoms with van der Waals surface area (Å²) in [6.07, 6.45) is -1.59. The lowest BCUT2D eigenvalue weighted by atomic mass is 10.0. The van der Waals surface area contributed by atoms with Gasteiger partial charge in [-0.25, -0.2) is 4.79 Å². The van der Waals surface area contributed by atoms with Crippen molar-refractivity contribution in [3.8, 4) is 0 Å². The average Bonchev–Trinajstić information content (AvgIpc) is 2.09. The molecule has 1 unspecified atom stereocenters. The van der Waals surface area contributed by atoms with Gasteiger partial charge in [0, 0.05) is 10.0 Å². The molecule has 0 aromatic heterocycles. The van der Waals surface area contributed by atoms with E-state index in [1.807, 2.05) is 0 Å². The molecule has 0 saturated carbocycles. The van der Waals surface area contributed by atoms with Gasteiger partial charge in [0.15, 0.2) is 6.10 Å². The van der Waals surface area contributed by atoms with Crippen LogP contribution in [0.3, 0.4) is 0 Å². The minimum absolute atomic E-state index is 0.218. The number of hydrogen-bond acceptors (Lipinski definition) is 2. The Morgan fingerprint density at radius 2 is 2.00 bits per heavy atom. The summed E-state index contributed by atoms with van der Waals surface area (Å²) in [6, 6.07) is 2.89. The maximum absolute atomic E-state index is 10.5. The number of aliphatic hydroxyl groups is 1. The molecule has 1 atom stereocenters. The number of rotatable bonds is 2. The molecule has 1 aromatic rings. The quantitative estimate of drug-likeness (QED) is 0.827. The highest BCUT2D eigenvalue weighted by atomic mass is 35.5. The van der Waals surface area contributed by atoms with Crippen molar-refractivity contribution in [1.82, 2.24) is 0 Å². The second-order valence-electron chi connectivity index (χ2n) is 2.84. The zero-order valence-electron chi connectivity index (χ0n) is 7.29. The monoisotopic (exact) mass is 234 g/mol. The lowest BCUT2D eigenvalue weighted by Gasteiger charge is -2.11. The van der Waals surface area contributed by atoms with Crippen LogP contribution < -0.4 is 0 Å². The van der Waals surface area contributed by atoms with Gasteiger partial charge in [0.1, 0.15) is 0 Å². The lowest BCUT2D eigenvalue weighted by molar-refractivity contribution is -0.147. The van der Waals surface area contributed by atoms with Crippen molar-refractivity contribution < 1.29 is 15.0 Å². The molecule has 0 amide bonds. The molecule has 0 heterocycles. The predicted octanol–water partition coefficient (Wildman–Crippen LogP) is 2.42. The van der Waals surface area contributed by atoms with Crippen LogP contribution in [-0.2, 0) is 4.79 Å². The minimum Gasteiger partial charge on any atom is -0.479 e. The summed E-state index contributed by atoms with van der Waals surface area (Å²) < 4.78 is 0. The number of carbonyl (C=O) groups is 1. The largest absolute Gasteiger partial charge is 0.479 e. The Hall–Kier alpha value is -0.770. The van der Waals surface area contributed by atoms with Crippen LogP contribution in [0.15, 0.2) is 12.1 Å². The Kier molecular flexibility index (Phi) is 3.37. The van der Waals surface area contributed by atoms with E-state index in [1.165, 1.54) is 12.1 Å². The molecule has 0 fully saturated rings. The summed E-state index contributed by atoms with van der Waals surface area (Å²) in [6.45, 7) is 1.63. The van der Waals surface area contributed by atoms with E-state index in [1.54, 1.807) is 6.92 Å². The van der Waals surface area contributed by atoms with Crippen LogP contribution in [0, 0.1) is 6.92 Å². The van der Waals surface area contributed by atoms with Gasteiger partial charge in [-0.05, 0) is 30.2 Å². The van der Waals surface area contributed by atoms with Crippen LogP contribution in [0.5, 0.6) is 0 Å². The van der Waals surface area contributed by atoms with Crippen LogP contribution in [0.1, 0.15) is 17.2 Å². The van der Waals surface area contributed by atoms with Crippen LogP contribution in [0.2, 0.25) is 10.0 Å². The molecular formula is C9H8Cl2O3. The molecular weight excluding hydrogens is 227 g/mol. The summed E-state index contributed by atoms with van der Waals surface area (Å²) >= 11 is 11.5. The molecule has 0 aliphatic heterocycles. The number of aliphatic carboxylic acids is 1. The first kappa shape index (κ1) is 11.3. The first-order valence-corrected chi connectivity index (χ1v) is 4.55. The van der Waals surface area contributed by atoms with E-state index in [4.69, 9.17) is 28.3 Å². The number of aliphatic hydroxyl groups excluding tert-OH is 1. The van der Waals surface area contributed by atoms with E-state index in [9.17, 15) is 9.90 Å². The Morgan fingerprint density at radius 3 is 2.50 bits per heavy atom. The fourth-order valence-electron chi connectivity index (χ4n) is 1.08. The standard InChI is InChI=1S/C9H8Cl2O3/c1-4-6(8(12)9(13)14)2-5(10)3-7(4)11/h2-3,8,12H,1H3,(H,13,14). The summed E-state index contributed by atoms with van der Waals surface area (Å²) in [5.74, 6) is -1.33. The molecule has 0 spiro atoms. The highest BCUT2D eigenvalue weighted by Gasteiger charge is 2.19. The molecule has 0 bridgehead atoms. The Morgan fingerprint density at radius 1 is 1.43 bits per heavy atom. The molecule has 0 aliphatic rings. The summed E-state index contributed by atoms with van der Waals surface area (Å²) in [4.78, 5) is 10.5. The van der Waals surface area contributed by atoms with E-state index in [2.05, 4.69) is 0 Å². The maximum atomic E-state index is 10.5. The van der Waals surface area contributed by atoms with Gasteiger partial charge in [-0.15, -0.1) is 0 Å². The first-order valence-electron chi connectivity index (χ1n) is 3.80. The van der Waals surface area contributed by atoms with E-state index >= 15 is 0 Å². The van der Waals surface area contributed by atoms with Crippen molar-refractivity contribution in [3.63, 3.8) is 0 Å². The highest BCUT2D eigenvalue weighted by molar-refractivity contribution is 6.35. The third-order valence-corrected chi connectivity index (χ3v) is 2.49. The van der Waals surface area contributed by atoms with Crippen LogP contribution in [0.4, 0.5) is 0 Å². The smallest absolute Gasteiger partial charge is 0.337 e. The lowest BCUT2D eigenvalue weighted by Crippen LogP contribution is -2.12. The third-order valence-electron chi connectivity index (χ3n) is 1.88. The van der Waals surface area contributed by atoms with Crippen molar-refractivity contribution in [2.75, 3.05) is 0 Å². The minimum atomic E-state index is -1.59. The molecule has 0 aliphatic carbocycles. The van der Waals surface area contributed by atoms with Crippen molar-refractivity contribution in [2.45, 2.75) is 13.0 Å². The van der Waals surface area contributed by atoms with Gasteiger partial charge in [-0.2, -0.15) is 0 Å². The number of halogens is 2. The molecule has 3 nitrogen and oxygen atoms in total. The summed E-state index contributed by atoms with van der Waals surface area (Å²) in [7, 11) is 0. The van der Waals surface area contributed by atoms with Crippen LogP contribution in [-0.4, -0.2) is 16.2 Å². The fourth-order valence-corrected chi connectivity index (χ4v) is 1.59. The second kappa shape index (κ2) is 4.17. The van der Waals surface area contributed by atoms with E-state index in [0.717, 1.165) is 0 Å². The molecule has 2 N–H and O–H groups in total. The number of carboxylic acid groups (broad SMARTS) is 1. The van der Waals surface area contributed by atoms with E-state index in [-0.39, 0.29) is 5.56 Å². The Balaban J connectivity index is 3.26. The zero-order chi connectivity index (χ0) is 10.9. The van der Waals surface area contributed by atoms with Gasteiger partial charge in [0.25, 0.3) is 0 Å². The molecule has 14 heavy (non-hydrogen) atoms. The maximum Gasteiger partial charge on any atom is 0.337 e. The highest BCUT2D eigenvalue weighted by Crippen LogP contribution is 2.28. The van der Waals surface area contributed by atoms with Gasteiger partial charge in [-0.1, -0.05) is 23.2 Å². The predicted molar refractivity (Wildman–Crippen MR) is 53.8 cm³/mol. The van der Waals surface area contributed by atoms with Gasteiger partial charge < -0.3 is 10.2 Å². The fraction of sp³-hybridized carbons (Fsp3) is 0.222. The van der Waals surface area contributed by atoms with Crippen molar-refractivity contribution >= 4 is 29.2 Å². The molecule has 5 heteroatoms.